The Balaban J connectivity index is 1.28. The summed E-state index contributed by atoms with van der Waals surface area (Å²) in [6.07, 6.45) is 0. The van der Waals surface area contributed by atoms with Crippen LogP contribution in [-0.2, 0) is 0 Å². The van der Waals surface area contributed by atoms with Crippen LogP contribution in [0, 0.1) is 0 Å². The van der Waals surface area contributed by atoms with Crippen LogP contribution in [0.3, 0.4) is 0 Å². The Morgan fingerprint density at radius 1 is 0.359 bits per heavy atom. The van der Waals surface area contributed by atoms with Crippen LogP contribution >= 0.6 is 11.8 Å². The molecule has 0 amide bonds. The van der Waals surface area contributed by atoms with E-state index in [1.165, 1.54) is 86.3 Å². The van der Waals surface area contributed by atoms with Crippen molar-refractivity contribution in [2.24, 2.45) is 0 Å². The average Bonchev–Trinajstić information content (AvgIpc) is 3.00. The van der Waals surface area contributed by atoms with E-state index in [2.05, 4.69) is 133 Å². The van der Waals surface area contributed by atoms with E-state index in [4.69, 9.17) is 0 Å². The lowest BCUT2D eigenvalue weighted by molar-refractivity contribution is 1.39. The van der Waals surface area contributed by atoms with Crippen LogP contribution in [0.2, 0.25) is 0 Å². The molecule has 180 valence electrons. The Bertz CT molecular complexity index is 2240. The minimum Gasteiger partial charge on any atom is -0.0881 e. The molecule has 1 heteroatoms. The van der Waals surface area contributed by atoms with E-state index in [1.54, 1.807) is 0 Å². The molecule has 0 N–H and O–H groups in total. The van der Waals surface area contributed by atoms with Crippen LogP contribution in [0.25, 0.3) is 76.5 Å². The fourth-order valence-corrected chi connectivity index (χ4v) is 7.91. The maximum atomic E-state index is 2.38. The highest BCUT2D eigenvalue weighted by atomic mass is 32.2. The molecular formula is C38H22S. The fraction of sp³-hybridized carbons (Fsp3) is 0. The van der Waals surface area contributed by atoms with Crippen molar-refractivity contribution < 1.29 is 0 Å². The molecule has 0 nitrogen and oxygen atoms in total. The van der Waals surface area contributed by atoms with Gasteiger partial charge in [0, 0.05) is 15.2 Å². The van der Waals surface area contributed by atoms with Crippen molar-refractivity contribution in [3.8, 4) is 33.4 Å². The second-order valence-electron chi connectivity index (χ2n) is 10.5. The highest BCUT2D eigenvalue weighted by molar-refractivity contribution is 8.00. The van der Waals surface area contributed by atoms with E-state index in [0.29, 0.717) is 0 Å². The molecule has 0 bridgehead atoms. The molecule has 0 atom stereocenters. The molecule has 0 fully saturated rings. The first-order chi connectivity index (χ1) is 19.3. The summed E-state index contributed by atoms with van der Waals surface area (Å²) < 4.78 is 0. The monoisotopic (exact) mass is 510 g/mol. The highest BCUT2D eigenvalue weighted by Crippen LogP contribution is 2.51. The van der Waals surface area contributed by atoms with Crippen molar-refractivity contribution in [3.05, 3.63) is 133 Å². The van der Waals surface area contributed by atoms with Gasteiger partial charge in [0.2, 0.25) is 0 Å². The van der Waals surface area contributed by atoms with Gasteiger partial charge in [0.25, 0.3) is 0 Å². The van der Waals surface area contributed by atoms with E-state index < -0.39 is 0 Å². The van der Waals surface area contributed by atoms with Crippen molar-refractivity contribution in [1.82, 2.24) is 0 Å². The van der Waals surface area contributed by atoms with Crippen LogP contribution in [0.1, 0.15) is 0 Å². The Labute approximate surface area is 230 Å². The zero-order valence-electron chi connectivity index (χ0n) is 21.1. The van der Waals surface area contributed by atoms with Gasteiger partial charge in [-0.15, -0.1) is 0 Å². The predicted molar refractivity (Wildman–Crippen MR) is 168 cm³/mol. The van der Waals surface area contributed by atoms with Crippen molar-refractivity contribution in [2.75, 3.05) is 0 Å². The Hall–Kier alpha value is -4.59. The lowest BCUT2D eigenvalue weighted by Crippen LogP contribution is -1.95. The molecule has 0 aliphatic carbocycles. The van der Waals surface area contributed by atoms with Gasteiger partial charge in [-0.3, -0.25) is 0 Å². The molecule has 0 unspecified atom stereocenters. The summed E-state index contributed by atoms with van der Waals surface area (Å²) in [5, 5.41) is 10.6. The molecule has 0 saturated heterocycles. The number of rotatable bonds is 2. The number of hydrogen-bond acceptors (Lipinski definition) is 1. The molecule has 0 spiro atoms. The maximum Gasteiger partial charge on any atom is 0.0285 e. The van der Waals surface area contributed by atoms with Gasteiger partial charge in [0.15, 0.2) is 0 Å². The first-order valence-corrected chi connectivity index (χ1v) is 14.3. The zero-order valence-corrected chi connectivity index (χ0v) is 21.9. The Morgan fingerprint density at radius 2 is 0.949 bits per heavy atom. The molecule has 1 aliphatic rings. The first-order valence-electron chi connectivity index (χ1n) is 13.4. The lowest BCUT2D eigenvalue weighted by atomic mass is 9.89. The predicted octanol–water partition coefficient (Wildman–Crippen LogP) is 11.2. The minimum atomic E-state index is 1.26. The molecule has 1 aliphatic heterocycles. The molecule has 0 saturated carbocycles. The van der Waals surface area contributed by atoms with Gasteiger partial charge in [0.05, 0.1) is 0 Å². The molecule has 0 aromatic heterocycles. The van der Waals surface area contributed by atoms with Crippen LogP contribution in [0.5, 0.6) is 0 Å². The summed E-state index contributed by atoms with van der Waals surface area (Å²) in [6.45, 7) is 0. The first kappa shape index (κ1) is 21.4. The number of benzene rings is 8. The Morgan fingerprint density at radius 3 is 1.79 bits per heavy atom. The zero-order chi connectivity index (χ0) is 25.5. The fourth-order valence-electron chi connectivity index (χ4n) is 6.63. The number of fused-ring (bicyclic) bond motifs is 2. The molecule has 39 heavy (non-hydrogen) atoms. The van der Waals surface area contributed by atoms with Crippen LogP contribution in [0.4, 0.5) is 0 Å². The third-order valence-corrected chi connectivity index (χ3v) is 9.60. The van der Waals surface area contributed by atoms with Crippen molar-refractivity contribution >= 4 is 54.9 Å². The second-order valence-corrected chi connectivity index (χ2v) is 11.5. The summed E-state index contributed by atoms with van der Waals surface area (Å²) in [5.74, 6) is 0. The summed E-state index contributed by atoms with van der Waals surface area (Å²) in [7, 11) is 0. The van der Waals surface area contributed by atoms with Crippen LogP contribution in [-0.4, -0.2) is 0 Å². The lowest BCUT2D eigenvalue weighted by Gasteiger charge is -2.23. The molecule has 0 radical (unpaired) electrons. The van der Waals surface area contributed by atoms with Crippen molar-refractivity contribution in [2.45, 2.75) is 9.79 Å². The summed E-state index contributed by atoms with van der Waals surface area (Å²) >= 11 is 1.91. The van der Waals surface area contributed by atoms with Gasteiger partial charge >= 0.3 is 0 Å². The third kappa shape index (κ3) is 3.02. The van der Waals surface area contributed by atoms with E-state index in [1.807, 2.05) is 11.8 Å². The van der Waals surface area contributed by atoms with E-state index in [-0.39, 0.29) is 0 Å². The SMILES string of the molecule is c1cc(-c2ccc3cccc4c3c2Sc2ccccc2-4)cc(-c2ccc3ccc4cccc5ccc2c3c45)c1. The maximum absolute atomic E-state index is 2.38. The molecule has 8 aromatic carbocycles. The molecule has 8 aromatic rings. The highest BCUT2D eigenvalue weighted by Gasteiger charge is 2.22. The minimum absolute atomic E-state index is 1.26. The third-order valence-electron chi connectivity index (χ3n) is 8.40. The van der Waals surface area contributed by atoms with E-state index in [0.717, 1.165) is 0 Å². The second kappa shape index (κ2) is 7.96. The van der Waals surface area contributed by atoms with Gasteiger partial charge in [-0.05, 0) is 83.2 Å². The van der Waals surface area contributed by atoms with Gasteiger partial charge < -0.3 is 0 Å². The topological polar surface area (TPSA) is 0 Å². The Kier molecular flexibility index (Phi) is 4.36. The van der Waals surface area contributed by atoms with E-state index in [9.17, 15) is 0 Å². The normalized spacial score (nSPS) is 12.5. The quantitative estimate of drug-likeness (QED) is 0.208. The summed E-state index contributed by atoms with van der Waals surface area (Å²) in [4.78, 5) is 2.68. The van der Waals surface area contributed by atoms with Crippen LogP contribution < -0.4 is 0 Å². The van der Waals surface area contributed by atoms with Gasteiger partial charge in [-0.25, -0.2) is 0 Å². The van der Waals surface area contributed by atoms with Crippen LogP contribution in [0.15, 0.2) is 143 Å². The standard InChI is InChI=1S/C38H22S/c1-2-13-34-31(11-1)32-12-5-8-25-17-20-30(38(39-34)37(25)32)28-10-4-9-27(22-28)29-19-16-26-15-14-23-6-3-7-24-18-21-33(29)36(26)35(23)24/h1-22H. The summed E-state index contributed by atoms with van der Waals surface area (Å²) in [5.41, 5.74) is 7.77. The van der Waals surface area contributed by atoms with Gasteiger partial charge in [-0.2, -0.15) is 0 Å². The van der Waals surface area contributed by atoms with Crippen molar-refractivity contribution in [3.63, 3.8) is 0 Å². The van der Waals surface area contributed by atoms with E-state index >= 15 is 0 Å². The number of hydrogen-bond donors (Lipinski definition) is 0. The smallest absolute Gasteiger partial charge is 0.0285 e. The van der Waals surface area contributed by atoms with Crippen molar-refractivity contribution in [1.29, 1.82) is 0 Å². The average molecular weight is 511 g/mol. The molecule has 1 heterocycles. The molecule has 9 rings (SSSR count). The largest absolute Gasteiger partial charge is 0.0881 e. The summed E-state index contributed by atoms with van der Waals surface area (Å²) in [6, 6.07) is 49.5. The van der Waals surface area contributed by atoms with Gasteiger partial charge in [0.1, 0.15) is 0 Å². The molecular weight excluding hydrogens is 488 g/mol. The van der Waals surface area contributed by atoms with Gasteiger partial charge in [-0.1, -0.05) is 133 Å².